The third-order valence-electron chi connectivity index (χ3n) is 4.68. The number of amides is 1. The maximum absolute atomic E-state index is 12.7. The first-order valence-electron chi connectivity index (χ1n) is 8.27. The fourth-order valence-corrected chi connectivity index (χ4v) is 3.66. The molecule has 0 saturated carbocycles. The molecule has 1 atom stereocenters. The standard InChI is InChI=1S/C19H17N3O2S/c23-17(20-15-7-3-5-11-4-1-2-6-13(11)15)12-8-9-14-16(10-12)21-19(25)22-18(14)24/h1-2,4,6,8-10,15H,3,5,7H2,(H,20,23)(H2,21,22,24,25). The Kier molecular flexibility index (Phi) is 3.97. The van der Waals surface area contributed by atoms with Crippen molar-refractivity contribution >= 4 is 29.0 Å². The molecule has 3 aromatic rings. The zero-order valence-electron chi connectivity index (χ0n) is 13.5. The Morgan fingerprint density at radius 2 is 2.00 bits per heavy atom. The van der Waals surface area contributed by atoms with E-state index in [0.717, 1.165) is 19.3 Å². The monoisotopic (exact) mass is 351 g/mol. The zero-order valence-corrected chi connectivity index (χ0v) is 14.3. The first-order valence-corrected chi connectivity index (χ1v) is 8.68. The molecule has 1 amide bonds. The lowest BCUT2D eigenvalue weighted by molar-refractivity contribution is 0.0933. The smallest absolute Gasteiger partial charge is 0.259 e. The van der Waals surface area contributed by atoms with Crippen LogP contribution in [0.25, 0.3) is 10.9 Å². The first kappa shape index (κ1) is 15.8. The summed E-state index contributed by atoms with van der Waals surface area (Å²) in [6, 6.07) is 13.2. The molecule has 1 heterocycles. The predicted molar refractivity (Wildman–Crippen MR) is 99.3 cm³/mol. The normalized spacial score (nSPS) is 16.4. The Labute approximate surface area is 149 Å². The fraction of sp³-hybridized carbons (Fsp3) is 0.211. The summed E-state index contributed by atoms with van der Waals surface area (Å²) in [6.07, 6.45) is 3.04. The van der Waals surface area contributed by atoms with E-state index in [1.54, 1.807) is 18.2 Å². The molecule has 1 unspecified atom stereocenters. The van der Waals surface area contributed by atoms with Crippen molar-refractivity contribution in [2.45, 2.75) is 25.3 Å². The van der Waals surface area contributed by atoms with Crippen molar-refractivity contribution in [3.63, 3.8) is 0 Å². The molecular weight excluding hydrogens is 334 g/mol. The third kappa shape index (κ3) is 3.00. The Bertz CT molecular complexity index is 1080. The molecule has 0 saturated heterocycles. The van der Waals surface area contributed by atoms with Crippen LogP contribution in [0.2, 0.25) is 0 Å². The highest BCUT2D eigenvalue weighted by Crippen LogP contribution is 2.29. The van der Waals surface area contributed by atoms with Crippen LogP contribution in [0.3, 0.4) is 0 Å². The van der Waals surface area contributed by atoms with E-state index in [9.17, 15) is 9.59 Å². The highest BCUT2D eigenvalue weighted by molar-refractivity contribution is 7.71. The minimum atomic E-state index is -0.257. The average molecular weight is 351 g/mol. The summed E-state index contributed by atoms with van der Waals surface area (Å²) in [6.45, 7) is 0. The van der Waals surface area contributed by atoms with Gasteiger partial charge >= 0.3 is 0 Å². The summed E-state index contributed by atoms with van der Waals surface area (Å²) in [5.41, 5.74) is 3.30. The van der Waals surface area contributed by atoms with Crippen molar-refractivity contribution in [3.05, 3.63) is 74.3 Å². The maximum atomic E-state index is 12.7. The largest absolute Gasteiger partial charge is 0.345 e. The Balaban J connectivity index is 1.65. The van der Waals surface area contributed by atoms with Crippen LogP contribution in [0.15, 0.2) is 47.3 Å². The number of rotatable bonds is 2. The number of H-pyrrole nitrogens is 2. The van der Waals surface area contributed by atoms with Gasteiger partial charge in [0.15, 0.2) is 4.77 Å². The third-order valence-corrected chi connectivity index (χ3v) is 4.88. The molecule has 6 heteroatoms. The molecule has 2 aromatic carbocycles. The molecule has 25 heavy (non-hydrogen) atoms. The molecule has 0 bridgehead atoms. The predicted octanol–water partition coefficient (Wildman–Crippen LogP) is 3.39. The van der Waals surface area contributed by atoms with E-state index in [2.05, 4.69) is 27.4 Å². The van der Waals surface area contributed by atoms with E-state index in [0.29, 0.717) is 16.5 Å². The number of aromatic nitrogens is 2. The fourth-order valence-electron chi connectivity index (χ4n) is 3.46. The summed E-state index contributed by atoms with van der Waals surface area (Å²) in [7, 11) is 0. The lowest BCUT2D eigenvalue weighted by atomic mass is 9.87. The zero-order chi connectivity index (χ0) is 17.4. The van der Waals surface area contributed by atoms with Crippen LogP contribution in [0.5, 0.6) is 0 Å². The van der Waals surface area contributed by atoms with Crippen LogP contribution in [0, 0.1) is 4.77 Å². The summed E-state index contributed by atoms with van der Waals surface area (Å²) in [5, 5.41) is 3.60. The molecule has 0 aliphatic heterocycles. The van der Waals surface area contributed by atoms with E-state index in [1.807, 2.05) is 12.1 Å². The minimum Gasteiger partial charge on any atom is -0.345 e. The van der Waals surface area contributed by atoms with Gasteiger partial charge in [0.1, 0.15) is 0 Å². The van der Waals surface area contributed by atoms with Gasteiger partial charge < -0.3 is 10.3 Å². The van der Waals surface area contributed by atoms with E-state index < -0.39 is 0 Å². The second-order valence-electron chi connectivity index (χ2n) is 6.29. The summed E-state index contributed by atoms with van der Waals surface area (Å²) >= 11 is 5.00. The van der Waals surface area contributed by atoms with Crippen molar-refractivity contribution < 1.29 is 4.79 Å². The number of aryl methyl sites for hydroxylation is 1. The molecule has 0 spiro atoms. The number of hydrogen-bond acceptors (Lipinski definition) is 3. The summed E-state index contributed by atoms with van der Waals surface area (Å²) < 4.78 is 0.247. The van der Waals surface area contributed by atoms with Crippen molar-refractivity contribution in [2.75, 3.05) is 0 Å². The van der Waals surface area contributed by atoms with Crippen LogP contribution < -0.4 is 10.9 Å². The van der Waals surface area contributed by atoms with Gasteiger partial charge in [0.2, 0.25) is 0 Å². The van der Waals surface area contributed by atoms with E-state index >= 15 is 0 Å². The number of carbonyl (C=O) groups is 1. The van der Waals surface area contributed by atoms with Crippen LogP contribution in [0.1, 0.15) is 40.4 Å². The molecular formula is C19H17N3O2S. The summed E-state index contributed by atoms with van der Waals surface area (Å²) in [4.78, 5) is 30.1. The SMILES string of the molecule is O=C(NC1CCCc2ccccc21)c1ccc2c(=O)[nH]c(=S)[nH]c2c1. The second kappa shape index (κ2) is 6.29. The number of aromatic amines is 2. The van der Waals surface area contributed by atoms with Gasteiger partial charge in [0.25, 0.3) is 11.5 Å². The van der Waals surface area contributed by atoms with Gasteiger partial charge in [-0.05, 0) is 60.8 Å². The minimum absolute atomic E-state index is 0.0193. The molecule has 126 valence electrons. The van der Waals surface area contributed by atoms with Crippen LogP contribution >= 0.6 is 12.2 Å². The van der Waals surface area contributed by atoms with Gasteiger partial charge in [-0.1, -0.05) is 24.3 Å². The highest BCUT2D eigenvalue weighted by Gasteiger charge is 2.22. The van der Waals surface area contributed by atoms with Crippen LogP contribution in [-0.2, 0) is 6.42 Å². The van der Waals surface area contributed by atoms with Crippen LogP contribution in [0.4, 0.5) is 0 Å². The van der Waals surface area contributed by atoms with Gasteiger partial charge in [0, 0.05) is 5.56 Å². The molecule has 4 rings (SSSR count). The van der Waals surface area contributed by atoms with Crippen molar-refractivity contribution in [1.82, 2.24) is 15.3 Å². The first-order chi connectivity index (χ1) is 12.1. The second-order valence-corrected chi connectivity index (χ2v) is 6.69. The van der Waals surface area contributed by atoms with Gasteiger partial charge in [-0.3, -0.25) is 14.6 Å². The van der Waals surface area contributed by atoms with Gasteiger partial charge in [0.05, 0.1) is 16.9 Å². The lowest BCUT2D eigenvalue weighted by Crippen LogP contribution is -2.31. The molecule has 1 aliphatic carbocycles. The Morgan fingerprint density at radius 1 is 1.16 bits per heavy atom. The van der Waals surface area contributed by atoms with Crippen molar-refractivity contribution in [3.8, 4) is 0 Å². The molecule has 1 aromatic heterocycles. The van der Waals surface area contributed by atoms with Crippen LogP contribution in [-0.4, -0.2) is 15.9 Å². The molecule has 0 fully saturated rings. The van der Waals surface area contributed by atoms with E-state index in [-0.39, 0.29) is 22.3 Å². The van der Waals surface area contributed by atoms with Gasteiger partial charge in [-0.2, -0.15) is 0 Å². The lowest BCUT2D eigenvalue weighted by Gasteiger charge is -2.26. The van der Waals surface area contributed by atoms with Crippen molar-refractivity contribution in [1.29, 1.82) is 0 Å². The Hall–Kier alpha value is -2.73. The van der Waals surface area contributed by atoms with Gasteiger partial charge in [-0.15, -0.1) is 0 Å². The number of nitrogens with one attached hydrogen (secondary N) is 3. The van der Waals surface area contributed by atoms with Gasteiger partial charge in [-0.25, -0.2) is 0 Å². The maximum Gasteiger partial charge on any atom is 0.259 e. The number of benzene rings is 2. The quantitative estimate of drug-likeness (QED) is 0.619. The molecule has 1 aliphatic rings. The van der Waals surface area contributed by atoms with E-state index in [4.69, 9.17) is 12.2 Å². The molecule has 3 N–H and O–H groups in total. The number of hydrogen-bond donors (Lipinski definition) is 3. The summed E-state index contributed by atoms with van der Waals surface area (Å²) in [5.74, 6) is -0.150. The Morgan fingerprint density at radius 3 is 2.88 bits per heavy atom. The number of carbonyl (C=O) groups excluding carboxylic acids is 1. The average Bonchev–Trinajstić information content (AvgIpc) is 2.61. The van der Waals surface area contributed by atoms with E-state index in [1.165, 1.54) is 11.1 Å². The van der Waals surface area contributed by atoms with Crippen molar-refractivity contribution in [2.24, 2.45) is 0 Å². The molecule has 5 nitrogen and oxygen atoms in total. The topological polar surface area (TPSA) is 77.8 Å². The highest BCUT2D eigenvalue weighted by atomic mass is 32.1. The molecule has 0 radical (unpaired) electrons. The number of fused-ring (bicyclic) bond motifs is 2.